The topological polar surface area (TPSA) is 64.1 Å². The van der Waals surface area contributed by atoms with E-state index in [4.69, 9.17) is 4.74 Å². The van der Waals surface area contributed by atoms with Crippen molar-refractivity contribution < 1.29 is 9.53 Å². The summed E-state index contributed by atoms with van der Waals surface area (Å²) >= 11 is 4.83. The fourth-order valence-corrected chi connectivity index (χ4v) is 3.20. The van der Waals surface area contributed by atoms with Crippen LogP contribution in [0.2, 0.25) is 0 Å². The number of rotatable bonds is 6. The maximum absolute atomic E-state index is 12.1. The molecule has 7 heteroatoms. The van der Waals surface area contributed by atoms with Crippen molar-refractivity contribution in [3.05, 3.63) is 33.2 Å². The Morgan fingerprint density at radius 3 is 2.91 bits per heavy atom. The van der Waals surface area contributed by atoms with Gasteiger partial charge >= 0.3 is 0 Å². The van der Waals surface area contributed by atoms with Crippen molar-refractivity contribution in [1.82, 2.24) is 10.2 Å². The molecule has 2 rings (SSSR count). The molecular formula is C15H18BrN3O2S. The molecule has 0 radical (unpaired) electrons. The number of nitrogens with zero attached hydrogens (tertiary/aromatic N) is 2. The smallest absolute Gasteiger partial charge is 0.266 e. The number of aromatic nitrogens is 2. The molecule has 0 saturated carbocycles. The molecule has 2 aromatic rings. The number of hydrogen-bond acceptors (Lipinski definition) is 5. The van der Waals surface area contributed by atoms with E-state index in [1.807, 2.05) is 25.1 Å². The van der Waals surface area contributed by atoms with Gasteiger partial charge < -0.3 is 4.74 Å². The zero-order valence-electron chi connectivity index (χ0n) is 12.7. The predicted molar refractivity (Wildman–Crippen MR) is 91.5 cm³/mol. The molecule has 1 heterocycles. The van der Waals surface area contributed by atoms with E-state index in [1.165, 1.54) is 11.3 Å². The van der Waals surface area contributed by atoms with Crippen LogP contribution >= 0.6 is 27.3 Å². The third-order valence-corrected chi connectivity index (χ3v) is 4.44. The molecule has 1 N–H and O–H groups in total. The minimum absolute atomic E-state index is 0.244. The highest BCUT2D eigenvalue weighted by Crippen LogP contribution is 2.27. The van der Waals surface area contributed by atoms with E-state index in [0.29, 0.717) is 10.9 Å². The zero-order chi connectivity index (χ0) is 16.1. The Hall–Kier alpha value is -1.47. The Bertz CT molecular complexity index is 660. The lowest BCUT2D eigenvalue weighted by Crippen LogP contribution is -2.30. The molecule has 5 nitrogen and oxygen atoms in total. The van der Waals surface area contributed by atoms with Crippen LogP contribution in [0.1, 0.15) is 30.8 Å². The van der Waals surface area contributed by atoms with Gasteiger partial charge in [0.15, 0.2) is 6.10 Å². The Balaban J connectivity index is 1.96. The van der Waals surface area contributed by atoms with E-state index in [0.717, 1.165) is 27.9 Å². The lowest BCUT2D eigenvalue weighted by molar-refractivity contribution is -0.122. The highest BCUT2D eigenvalue weighted by atomic mass is 79.9. The van der Waals surface area contributed by atoms with Crippen molar-refractivity contribution in [3.63, 3.8) is 0 Å². The summed E-state index contributed by atoms with van der Waals surface area (Å²) in [7, 11) is 0. The molecule has 1 aromatic heterocycles. The molecule has 0 spiro atoms. The van der Waals surface area contributed by atoms with Gasteiger partial charge in [-0.25, -0.2) is 0 Å². The molecular weight excluding hydrogens is 366 g/mol. The Labute approximate surface area is 142 Å². The number of carbonyl (C=O) groups is 1. The lowest BCUT2D eigenvalue weighted by atomic mass is 10.2. The van der Waals surface area contributed by atoms with Gasteiger partial charge in [-0.05, 0) is 53.9 Å². The normalized spacial score (nSPS) is 12.0. The van der Waals surface area contributed by atoms with E-state index >= 15 is 0 Å². The lowest BCUT2D eigenvalue weighted by Gasteiger charge is -2.15. The number of aryl methyl sites for hydroxylation is 2. The van der Waals surface area contributed by atoms with Gasteiger partial charge in [0.1, 0.15) is 10.8 Å². The summed E-state index contributed by atoms with van der Waals surface area (Å²) in [5.41, 5.74) is 1.12. The maximum atomic E-state index is 12.1. The highest BCUT2D eigenvalue weighted by Gasteiger charge is 2.18. The van der Waals surface area contributed by atoms with Crippen LogP contribution in [0.5, 0.6) is 5.75 Å². The fourth-order valence-electron chi connectivity index (χ4n) is 1.77. The van der Waals surface area contributed by atoms with Gasteiger partial charge in [0.2, 0.25) is 5.13 Å². The van der Waals surface area contributed by atoms with Gasteiger partial charge in [0.05, 0.1) is 4.47 Å². The average Bonchev–Trinajstić information content (AvgIpc) is 2.89. The van der Waals surface area contributed by atoms with E-state index in [2.05, 4.69) is 38.4 Å². The third-order valence-electron chi connectivity index (χ3n) is 2.92. The summed E-state index contributed by atoms with van der Waals surface area (Å²) in [6.07, 6.45) is 1.25. The maximum Gasteiger partial charge on any atom is 0.266 e. The van der Waals surface area contributed by atoms with Crippen molar-refractivity contribution in [2.24, 2.45) is 0 Å². The van der Waals surface area contributed by atoms with Gasteiger partial charge in [0, 0.05) is 6.42 Å². The first-order chi connectivity index (χ1) is 10.5. The second kappa shape index (κ2) is 7.69. The van der Waals surface area contributed by atoms with E-state index < -0.39 is 6.10 Å². The molecule has 1 aromatic carbocycles. The van der Waals surface area contributed by atoms with Gasteiger partial charge in [-0.1, -0.05) is 24.3 Å². The second-order valence-corrected chi connectivity index (χ2v) is 6.85. The average molecular weight is 384 g/mol. The van der Waals surface area contributed by atoms with Crippen molar-refractivity contribution in [3.8, 4) is 5.75 Å². The molecule has 1 amide bonds. The largest absolute Gasteiger partial charge is 0.480 e. The first kappa shape index (κ1) is 16.9. The number of carbonyl (C=O) groups excluding carboxylic acids is 1. The summed E-state index contributed by atoms with van der Waals surface area (Å²) in [4.78, 5) is 12.1. The van der Waals surface area contributed by atoms with Crippen LogP contribution < -0.4 is 10.1 Å². The van der Waals surface area contributed by atoms with E-state index in [1.54, 1.807) is 6.92 Å². The monoisotopic (exact) mass is 383 g/mol. The SMILES string of the molecule is CCCc1nnc(NC(=O)[C@@H](C)Oc2ccc(C)cc2Br)s1. The summed E-state index contributed by atoms with van der Waals surface area (Å²) in [5, 5.41) is 12.2. The minimum atomic E-state index is -0.627. The van der Waals surface area contributed by atoms with E-state index in [-0.39, 0.29) is 5.91 Å². The van der Waals surface area contributed by atoms with Crippen LogP contribution in [0.15, 0.2) is 22.7 Å². The van der Waals surface area contributed by atoms with Gasteiger partial charge in [-0.2, -0.15) is 0 Å². The summed E-state index contributed by atoms with van der Waals surface area (Å²) < 4.78 is 6.51. The first-order valence-electron chi connectivity index (χ1n) is 7.05. The number of amides is 1. The highest BCUT2D eigenvalue weighted by molar-refractivity contribution is 9.10. The van der Waals surface area contributed by atoms with Gasteiger partial charge in [-0.3, -0.25) is 10.1 Å². The number of ether oxygens (including phenoxy) is 1. The van der Waals surface area contributed by atoms with Crippen molar-refractivity contribution >= 4 is 38.3 Å². The molecule has 0 bridgehead atoms. The minimum Gasteiger partial charge on any atom is -0.480 e. The summed E-state index contributed by atoms with van der Waals surface area (Å²) in [5.74, 6) is 0.392. The Kier molecular flexibility index (Phi) is 5.90. The second-order valence-electron chi connectivity index (χ2n) is 4.93. The van der Waals surface area contributed by atoms with Gasteiger partial charge in [0.25, 0.3) is 5.91 Å². The van der Waals surface area contributed by atoms with Crippen molar-refractivity contribution in [1.29, 1.82) is 0 Å². The number of nitrogens with one attached hydrogen (secondary N) is 1. The first-order valence-corrected chi connectivity index (χ1v) is 8.66. The van der Waals surface area contributed by atoms with Crippen LogP contribution in [0, 0.1) is 6.92 Å². The Morgan fingerprint density at radius 1 is 1.45 bits per heavy atom. The van der Waals surface area contributed by atoms with E-state index in [9.17, 15) is 4.79 Å². The van der Waals surface area contributed by atoms with Crippen LogP contribution in [-0.2, 0) is 11.2 Å². The molecule has 0 aliphatic heterocycles. The van der Waals surface area contributed by atoms with Crippen molar-refractivity contribution in [2.45, 2.75) is 39.7 Å². The fraction of sp³-hybridized carbons (Fsp3) is 0.400. The summed E-state index contributed by atoms with van der Waals surface area (Å²) in [6, 6.07) is 5.72. The number of anilines is 1. The predicted octanol–water partition coefficient (Wildman–Crippen LogP) is 3.97. The molecule has 22 heavy (non-hydrogen) atoms. The van der Waals surface area contributed by atoms with Crippen LogP contribution in [-0.4, -0.2) is 22.2 Å². The van der Waals surface area contributed by atoms with Crippen LogP contribution in [0.3, 0.4) is 0 Å². The van der Waals surface area contributed by atoms with Crippen LogP contribution in [0.25, 0.3) is 0 Å². The standard InChI is InChI=1S/C15H18BrN3O2S/c1-4-5-13-18-19-15(22-13)17-14(20)10(3)21-12-7-6-9(2)8-11(12)16/h6-8,10H,4-5H2,1-3H3,(H,17,19,20)/t10-/m1/s1. The molecule has 0 fully saturated rings. The molecule has 0 aliphatic carbocycles. The molecule has 0 aliphatic rings. The quantitative estimate of drug-likeness (QED) is 0.819. The van der Waals surface area contributed by atoms with Crippen molar-refractivity contribution in [2.75, 3.05) is 5.32 Å². The molecule has 0 unspecified atom stereocenters. The molecule has 1 atom stereocenters. The summed E-state index contributed by atoms with van der Waals surface area (Å²) in [6.45, 7) is 5.78. The Morgan fingerprint density at radius 2 is 2.23 bits per heavy atom. The number of hydrogen-bond donors (Lipinski definition) is 1. The molecule has 0 saturated heterocycles. The zero-order valence-corrected chi connectivity index (χ0v) is 15.1. The number of benzene rings is 1. The van der Waals surface area contributed by atoms with Gasteiger partial charge in [-0.15, -0.1) is 10.2 Å². The van der Waals surface area contributed by atoms with Crippen LogP contribution in [0.4, 0.5) is 5.13 Å². The third kappa shape index (κ3) is 4.51. The number of halogens is 1. The molecule has 118 valence electrons.